The SMILES string of the molecule is Nc1ccc(SCC(O)CC(=O)O)cc1F. The van der Waals surface area contributed by atoms with Crippen molar-refractivity contribution in [2.24, 2.45) is 0 Å². The fourth-order valence-corrected chi connectivity index (χ4v) is 1.90. The van der Waals surface area contributed by atoms with E-state index in [2.05, 4.69) is 0 Å². The van der Waals surface area contributed by atoms with E-state index in [1.165, 1.54) is 23.9 Å². The lowest BCUT2D eigenvalue weighted by molar-refractivity contribution is -0.138. The van der Waals surface area contributed by atoms with Crippen LogP contribution in [0.15, 0.2) is 23.1 Å². The lowest BCUT2D eigenvalue weighted by Crippen LogP contribution is -2.15. The zero-order valence-electron chi connectivity index (χ0n) is 8.39. The van der Waals surface area contributed by atoms with E-state index in [-0.39, 0.29) is 17.9 Å². The molecule has 0 bridgehead atoms. The summed E-state index contributed by atoms with van der Waals surface area (Å²) in [6.45, 7) is 0. The molecule has 4 nitrogen and oxygen atoms in total. The number of aliphatic hydroxyl groups excluding tert-OH is 1. The molecule has 0 saturated carbocycles. The number of nitrogen functional groups attached to an aromatic ring is 1. The van der Waals surface area contributed by atoms with E-state index in [9.17, 15) is 14.3 Å². The summed E-state index contributed by atoms with van der Waals surface area (Å²) < 4.78 is 13.0. The monoisotopic (exact) mass is 245 g/mol. The van der Waals surface area contributed by atoms with Gasteiger partial charge in [0.1, 0.15) is 5.82 Å². The number of nitrogens with two attached hydrogens (primary N) is 1. The fourth-order valence-electron chi connectivity index (χ4n) is 1.05. The van der Waals surface area contributed by atoms with Crippen LogP contribution in [0.3, 0.4) is 0 Å². The number of carbonyl (C=O) groups is 1. The van der Waals surface area contributed by atoms with Crippen LogP contribution in [-0.2, 0) is 4.79 Å². The second-order valence-corrected chi connectivity index (χ2v) is 4.34. The van der Waals surface area contributed by atoms with Crippen LogP contribution in [0, 0.1) is 5.82 Å². The number of anilines is 1. The number of benzene rings is 1. The molecule has 1 aromatic carbocycles. The summed E-state index contributed by atoms with van der Waals surface area (Å²) in [6.07, 6.45) is -1.26. The first-order chi connectivity index (χ1) is 7.49. The smallest absolute Gasteiger partial charge is 0.306 e. The lowest BCUT2D eigenvalue weighted by atomic mass is 10.3. The Hall–Kier alpha value is -1.27. The molecule has 88 valence electrons. The van der Waals surface area contributed by atoms with Crippen LogP contribution in [0.1, 0.15) is 6.42 Å². The minimum atomic E-state index is -1.06. The summed E-state index contributed by atoms with van der Waals surface area (Å²) in [5.41, 5.74) is 5.36. The van der Waals surface area contributed by atoms with E-state index >= 15 is 0 Å². The zero-order valence-corrected chi connectivity index (χ0v) is 9.21. The van der Waals surface area contributed by atoms with Gasteiger partial charge in [0, 0.05) is 10.6 Å². The molecule has 0 heterocycles. The summed E-state index contributed by atoms with van der Waals surface area (Å²) >= 11 is 1.18. The highest BCUT2D eigenvalue weighted by atomic mass is 32.2. The van der Waals surface area contributed by atoms with E-state index in [1.807, 2.05) is 0 Å². The molecule has 0 aliphatic heterocycles. The van der Waals surface area contributed by atoms with Crippen LogP contribution in [0.5, 0.6) is 0 Å². The highest BCUT2D eigenvalue weighted by molar-refractivity contribution is 7.99. The van der Waals surface area contributed by atoms with Crippen molar-refractivity contribution >= 4 is 23.4 Å². The Morgan fingerprint density at radius 1 is 1.56 bits per heavy atom. The predicted octanol–water partition coefficient (Wildman–Crippen LogP) is 1.34. The summed E-state index contributed by atoms with van der Waals surface area (Å²) in [6, 6.07) is 4.31. The predicted molar refractivity (Wildman–Crippen MR) is 59.8 cm³/mol. The highest BCUT2D eigenvalue weighted by Crippen LogP contribution is 2.22. The minimum Gasteiger partial charge on any atom is -0.481 e. The van der Waals surface area contributed by atoms with E-state index in [4.69, 9.17) is 10.8 Å². The second-order valence-electron chi connectivity index (χ2n) is 3.25. The average molecular weight is 245 g/mol. The maximum atomic E-state index is 13.0. The van der Waals surface area contributed by atoms with Crippen molar-refractivity contribution < 1.29 is 19.4 Å². The maximum Gasteiger partial charge on any atom is 0.306 e. The van der Waals surface area contributed by atoms with Crippen LogP contribution in [0.2, 0.25) is 0 Å². The largest absolute Gasteiger partial charge is 0.481 e. The molecular formula is C10H12FNO3S. The third-order valence-corrected chi connectivity index (χ3v) is 2.96. The third-order valence-electron chi connectivity index (χ3n) is 1.82. The Bertz CT molecular complexity index is 386. The number of halogens is 1. The van der Waals surface area contributed by atoms with Gasteiger partial charge in [-0.05, 0) is 18.2 Å². The molecule has 0 aliphatic rings. The Morgan fingerprint density at radius 2 is 2.25 bits per heavy atom. The molecular weight excluding hydrogens is 233 g/mol. The highest BCUT2D eigenvalue weighted by Gasteiger charge is 2.10. The van der Waals surface area contributed by atoms with Crippen molar-refractivity contribution in [1.29, 1.82) is 0 Å². The van der Waals surface area contributed by atoms with Gasteiger partial charge in [0.25, 0.3) is 0 Å². The number of carboxylic acids is 1. The van der Waals surface area contributed by atoms with E-state index in [0.29, 0.717) is 4.90 Å². The molecule has 0 aromatic heterocycles. The van der Waals surface area contributed by atoms with E-state index < -0.39 is 17.9 Å². The van der Waals surface area contributed by atoms with Crippen LogP contribution in [0.25, 0.3) is 0 Å². The number of rotatable bonds is 5. The van der Waals surface area contributed by atoms with Gasteiger partial charge in [0.2, 0.25) is 0 Å². The molecule has 4 N–H and O–H groups in total. The van der Waals surface area contributed by atoms with Gasteiger partial charge in [0.15, 0.2) is 0 Å². The molecule has 0 aliphatic carbocycles. The minimum absolute atomic E-state index is 0.0652. The summed E-state index contributed by atoms with van der Waals surface area (Å²) in [5.74, 6) is -1.37. The standard InChI is InChI=1S/C10H12FNO3S/c11-8-4-7(1-2-9(8)12)16-5-6(13)3-10(14)15/h1-2,4,6,13H,3,5,12H2,(H,14,15). The van der Waals surface area contributed by atoms with Gasteiger partial charge in [-0.3, -0.25) is 4.79 Å². The number of thioether (sulfide) groups is 1. The van der Waals surface area contributed by atoms with Crippen LogP contribution >= 0.6 is 11.8 Å². The van der Waals surface area contributed by atoms with Gasteiger partial charge in [-0.1, -0.05) is 0 Å². The van der Waals surface area contributed by atoms with E-state index in [1.54, 1.807) is 6.07 Å². The first-order valence-corrected chi connectivity index (χ1v) is 5.55. The van der Waals surface area contributed by atoms with Crippen molar-refractivity contribution in [1.82, 2.24) is 0 Å². The summed E-state index contributed by atoms with van der Waals surface area (Å²) in [4.78, 5) is 10.9. The quantitative estimate of drug-likeness (QED) is 0.538. The van der Waals surface area contributed by atoms with Gasteiger partial charge in [0.05, 0.1) is 18.2 Å². The molecule has 1 rings (SSSR count). The van der Waals surface area contributed by atoms with Crippen molar-refractivity contribution in [2.45, 2.75) is 17.4 Å². The zero-order chi connectivity index (χ0) is 12.1. The van der Waals surface area contributed by atoms with Crippen molar-refractivity contribution in [3.8, 4) is 0 Å². The van der Waals surface area contributed by atoms with Crippen LogP contribution in [-0.4, -0.2) is 28.0 Å². The molecule has 1 aromatic rings. The number of carboxylic acid groups (broad SMARTS) is 1. The number of hydrogen-bond acceptors (Lipinski definition) is 4. The molecule has 0 spiro atoms. The number of aliphatic carboxylic acids is 1. The van der Waals surface area contributed by atoms with Gasteiger partial charge in [-0.15, -0.1) is 11.8 Å². The first kappa shape index (κ1) is 12.8. The fraction of sp³-hybridized carbons (Fsp3) is 0.300. The molecule has 0 amide bonds. The molecule has 1 atom stereocenters. The Morgan fingerprint density at radius 3 is 2.81 bits per heavy atom. The Labute approximate surface area is 96.3 Å². The summed E-state index contributed by atoms with van der Waals surface area (Å²) in [5, 5.41) is 17.7. The normalized spacial score (nSPS) is 12.4. The van der Waals surface area contributed by atoms with Crippen molar-refractivity contribution in [2.75, 3.05) is 11.5 Å². The molecule has 0 saturated heterocycles. The van der Waals surface area contributed by atoms with Gasteiger partial charge in [-0.25, -0.2) is 4.39 Å². The molecule has 0 radical (unpaired) electrons. The van der Waals surface area contributed by atoms with E-state index in [0.717, 1.165) is 0 Å². The summed E-state index contributed by atoms with van der Waals surface area (Å²) in [7, 11) is 0. The van der Waals surface area contributed by atoms with Crippen LogP contribution in [0.4, 0.5) is 10.1 Å². The topological polar surface area (TPSA) is 83.5 Å². The maximum absolute atomic E-state index is 13.0. The van der Waals surface area contributed by atoms with Gasteiger partial charge in [-0.2, -0.15) is 0 Å². The van der Waals surface area contributed by atoms with Gasteiger partial charge < -0.3 is 15.9 Å². The van der Waals surface area contributed by atoms with Crippen molar-refractivity contribution in [3.63, 3.8) is 0 Å². The van der Waals surface area contributed by atoms with Crippen molar-refractivity contribution in [3.05, 3.63) is 24.0 Å². The second kappa shape index (κ2) is 5.72. The first-order valence-electron chi connectivity index (χ1n) is 4.56. The Balaban J connectivity index is 2.48. The molecule has 16 heavy (non-hydrogen) atoms. The molecule has 0 fully saturated rings. The molecule has 1 unspecified atom stereocenters. The average Bonchev–Trinajstić information content (AvgIpc) is 2.19. The Kier molecular flexibility index (Phi) is 4.57. The van der Waals surface area contributed by atoms with Gasteiger partial charge >= 0.3 is 5.97 Å². The lowest BCUT2D eigenvalue weighted by Gasteiger charge is -2.07. The third kappa shape index (κ3) is 4.08. The molecule has 6 heteroatoms. The number of hydrogen-bond donors (Lipinski definition) is 3. The van der Waals surface area contributed by atoms with Crippen LogP contribution < -0.4 is 5.73 Å². The number of aliphatic hydroxyl groups is 1.